The minimum Gasteiger partial charge on any atom is -0.464 e. The Kier molecular flexibility index (Phi) is 4.74. The van der Waals surface area contributed by atoms with Crippen LogP contribution in [0.1, 0.15) is 29.8 Å². The molecule has 0 radical (unpaired) electrons. The summed E-state index contributed by atoms with van der Waals surface area (Å²) in [5.74, 6) is -0.869. The number of aromatic nitrogens is 1. The molecule has 0 bridgehead atoms. The fourth-order valence-electron chi connectivity index (χ4n) is 2.20. The van der Waals surface area contributed by atoms with E-state index in [0.717, 1.165) is 24.2 Å². The molecule has 1 saturated carbocycles. The molecule has 1 aromatic heterocycles. The number of thiazole rings is 1. The Morgan fingerprint density at radius 2 is 2.35 bits per heavy atom. The average Bonchev–Trinajstić information content (AvgIpc) is 3.04. The molecule has 1 aromatic rings. The zero-order valence-corrected chi connectivity index (χ0v) is 12.5. The molecule has 2 rings (SSSR count). The lowest BCUT2D eigenvalue weighted by Gasteiger charge is -2.14. The van der Waals surface area contributed by atoms with Crippen molar-refractivity contribution < 1.29 is 23.1 Å². The van der Waals surface area contributed by atoms with Gasteiger partial charge in [-0.05, 0) is 18.8 Å². The van der Waals surface area contributed by atoms with Gasteiger partial charge in [0.25, 0.3) is 10.0 Å². The van der Waals surface area contributed by atoms with Crippen LogP contribution in [0, 0.1) is 5.92 Å². The molecule has 9 heteroatoms. The van der Waals surface area contributed by atoms with E-state index in [1.54, 1.807) is 0 Å². The number of esters is 1. The second kappa shape index (κ2) is 6.17. The SMILES string of the molecule is COC(=O)c1ncsc1S(=O)(=O)NCC1CCCC1O. The first-order valence-corrected chi connectivity index (χ1v) is 8.51. The van der Waals surface area contributed by atoms with Gasteiger partial charge < -0.3 is 9.84 Å². The second-order valence-electron chi connectivity index (χ2n) is 4.59. The van der Waals surface area contributed by atoms with Crippen LogP contribution in [0.15, 0.2) is 9.72 Å². The lowest BCUT2D eigenvalue weighted by Crippen LogP contribution is -2.32. The highest BCUT2D eigenvalue weighted by Gasteiger charge is 2.30. The molecule has 0 saturated heterocycles. The molecular weight excluding hydrogens is 304 g/mol. The van der Waals surface area contributed by atoms with Gasteiger partial charge >= 0.3 is 5.97 Å². The van der Waals surface area contributed by atoms with Crippen LogP contribution in [0.4, 0.5) is 0 Å². The van der Waals surface area contributed by atoms with Gasteiger partial charge in [0.2, 0.25) is 0 Å². The van der Waals surface area contributed by atoms with Crippen molar-refractivity contribution in [2.45, 2.75) is 29.6 Å². The molecule has 1 aliphatic carbocycles. The molecule has 1 fully saturated rings. The first kappa shape index (κ1) is 15.4. The number of rotatable bonds is 5. The Labute approximate surface area is 121 Å². The first-order chi connectivity index (χ1) is 9.45. The number of carbonyl (C=O) groups excluding carboxylic acids is 1. The number of aliphatic hydroxyl groups is 1. The third kappa shape index (κ3) is 3.17. The third-order valence-electron chi connectivity index (χ3n) is 3.31. The summed E-state index contributed by atoms with van der Waals surface area (Å²) >= 11 is 0.859. The molecule has 112 valence electrons. The maximum atomic E-state index is 12.2. The summed E-state index contributed by atoms with van der Waals surface area (Å²) in [6.07, 6.45) is 1.90. The highest BCUT2D eigenvalue weighted by Crippen LogP contribution is 2.26. The van der Waals surface area contributed by atoms with Crippen LogP contribution in [0.2, 0.25) is 0 Å². The molecule has 0 spiro atoms. The van der Waals surface area contributed by atoms with Crippen LogP contribution in [0.3, 0.4) is 0 Å². The Balaban J connectivity index is 2.10. The topological polar surface area (TPSA) is 106 Å². The largest absolute Gasteiger partial charge is 0.464 e. The van der Waals surface area contributed by atoms with Crippen molar-refractivity contribution in [3.8, 4) is 0 Å². The Hall–Kier alpha value is -1.03. The maximum absolute atomic E-state index is 12.2. The van der Waals surface area contributed by atoms with Gasteiger partial charge in [-0.2, -0.15) is 0 Å². The van der Waals surface area contributed by atoms with Gasteiger partial charge in [0.15, 0.2) is 9.90 Å². The molecule has 0 aliphatic heterocycles. The second-order valence-corrected chi connectivity index (χ2v) is 7.41. The van der Waals surface area contributed by atoms with Crippen LogP contribution < -0.4 is 4.72 Å². The number of hydrogen-bond donors (Lipinski definition) is 2. The zero-order valence-electron chi connectivity index (χ0n) is 10.9. The van der Waals surface area contributed by atoms with Crippen molar-refractivity contribution in [1.82, 2.24) is 9.71 Å². The molecule has 2 atom stereocenters. The highest BCUT2D eigenvalue weighted by atomic mass is 32.2. The van der Waals surface area contributed by atoms with Crippen molar-refractivity contribution in [1.29, 1.82) is 0 Å². The Bertz CT molecular complexity index is 583. The van der Waals surface area contributed by atoms with E-state index in [1.165, 1.54) is 12.6 Å². The summed E-state index contributed by atoms with van der Waals surface area (Å²) < 4.78 is 31.1. The van der Waals surface area contributed by atoms with E-state index in [0.29, 0.717) is 6.42 Å². The van der Waals surface area contributed by atoms with Crippen molar-refractivity contribution in [3.05, 3.63) is 11.2 Å². The minimum atomic E-state index is -3.82. The Morgan fingerprint density at radius 1 is 1.60 bits per heavy atom. The molecule has 7 nitrogen and oxygen atoms in total. The van der Waals surface area contributed by atoms with Gasteiger partial charge in [0, 0.05) is 6.54 Å². The lowest BCUT2D eigenvalue weighted by atomic mass is 10.1. The van der Waals surface area contributed by atoms with Crippen LogP contribution >= 0.6 is 11.3 Å². The summed E-state index contributed by atoms with van der Waals surface area (Å²) in [5, 5.41) is 9.68. The summed E-state index contributed by atoms with van der Waals surface area (Å²) in [4.78, 5) is 15.2. The van der Waals surface area contributed by atoms with Crippen molar-refractivity contribution in [2.24, 2.45) is 5.92 Å². The van der Waals surface area contributed by atoms with Gasteiger partial charge in [0.05, 0.1) is 18.7 Å². The number of methoxy groups -OCH3 is 1. The summed E-state index contributed by atoms with van der Waals surface area (Å²) in [5.41, 5.74) is 1.07. The van der Waals surface area contributed by atoms with Gasteiger partial charge in [-0.25, -0.2) is 22.9 Å². The van der Waals surface area contributed by atoms with Crippen molar-refractivity contribution in [2.75, 3.05) is 13.7 Å². The average molecular weight is 320 g/mol. The summed E-state index contributed by atoms with van der Waals surface area (Å²) in [6.45, 7) is 0.155. The van der Waals surface area contributed by atoms with Crippen molar-refractivity contribution in [3.63, 3.8) is 0 Å². The molecule has 1 aliphatic rings. The summed E-state index contributed by atoms with van der Waals surface area (Å²) in [6, 6.07) is 0. The van der Waals surface area contributed by atoms with E-state index < -0.39 is 22.1 Å². The monoisotopic (exact) mass is 320 g/mol. The van der Waals surface area contributed by atoms with Gasteiger partial charge in [0.1, 0.15) is 0 Å². The van der Waals surface area contributed by atoms with E-state index >= 15 is 0 Å². The molecule has 2 N–H and O–H groups in total. The maximum Gasteiger partial charge on any atom is 0.358 e. The van der Waals surface area contributed by atoms with Crippen LogP contribution in [0.5, 0.6) is 0 Å². The van der Waals surface area contributed by atoms with Crippen LogP contribution in [-0.2, 0) is 14.8 Å². The fourth-order valence-corrected chi connectivity index (χ4v) is 4.47. The highest BCUT2D eigenvalue weighted by molar-refractivity contribution is 7.91. The van der Waals surface area contributed by atoms with Crippen LogP contribution in [0.25, 0.3) is 0 Å². The molecule has 0 amide bonds. The molecule has 0 aromatic carbocycles. The zero-order chi connectivity index (χ0) is 14.8. The number of sulfonamides is 1. The van der Waals surface area contributed by atoms with Gasteiger partial charge in [-0.15, -0.1) is 11.3 Å². The molecule has 1 heterocycles. The number of nitrogens with one attached hydrogen (secondary N) is 1. The molecular formula is C11H16N2O5S2. The normalized spacial score (nSPS) is 22.9. The smallest absolute Gasteiger partial charge is 0.358 e. The quantitative estimate of drug-likeness (QED) is 0.759. The predicted molar refractivity (Wildman–Crippen MR) is 72.0 cm³/mol. The number of ether oxygens (including phenoxy) is 1. The standard InChI is InChI=1S/C11H16N2O5S2/c1-18-10(15)9-11(19-6-12-9)20(16,17)13-5-7-3-2-4-8(7)14/h6-8,13-14H,2-5H2,1H3. The van der Waals surface area contributed by atoms with E-state index in [4.69, 9.17) is 0 Å². The van der Waals surface area contributed by atoms with Gasteiger partial charge in [-0.3, -0.25) is 0 Å². The van der Waals surface area contributed by atoms with E-state index in [-0.39, 0.29) is 22.4 Å². The van der Waals surface area contributed by atoms with E-state index in [9.17, 15) is 18.3 Å². The van der Waals surface area contributed by atoms with Gasteiger partial charge in [-0.1, -0.05) is 6.42 Å². The molecule has 2 unspecified atom stereocenters. The number of aliphatic hydroxyl groups excluding tert-OH is 1. The fraction of sp³-hybridized carbons (Fsp3) is 0.636. The van der Waals surface area contributed by atoms with E-state index in [2.05, 4.69) is 14.4 Å². The van der Waals surface area contributed by atoms with Crippen molar-refractivity contribution >= 4 is 27.3 Å². The minimum absolute atomic E-state index is 0.0840. The predicted octanol–water partition coefficient (Wildman–Crippen LogP) is 0.369. The first-order valence-electron chi connectivity index (χ1n) is 6.15. The number of nitrogens with zero attached hydrogens (tertiary/aromatic N) is 1. The number of carbonyl (C=O) groups is 1. The Morgan fingerprint density at radius 3 is 2.95 bits per heavy atom. The summed E-state index contributed by atoms with van der Waals surface area (Å²) in [7, 11) is -2.65. The third-order valence-corrected chi connectivity index (χ3v) is 6.11. The lowest BCUT2D eigenvalue weighted by molar-refractivity contribution is 0.0590. The number of hydrogen-bond acceptors (Lipinski definition) is 7. The van der Waals surface area contributed by atoms with E-state index in [1.807, 2.05) is 0 Å². The van der Waals surface area contributed by atoms with Crippen LogP contribution in [-0.4, -0.2) is 44.2 Å². The molecule has 20 heavy (non-hydrogen) atoms.